The molecule has 1 aromatic carbocycles. The average molecular weight is 685 g/mol. The van der Waals surface area contributed by atoms with E-state index in [1.807, 2.05) is 4.90 Å². The van der Waals surface area contributed by atoms with Crippen LogP contribution in [-0.2, 0) is 25.5 Å². The number of rotatable bonds is 6. The molecular weight excluding hydrogens is 626 g/mol. The largest absolute Gasteiger partial charge is 0.390 e. The Balaban J connectivity index is 0.980. The summed E-state index contributed by atoms with van der Waals surface area (Å²) in [5.74, 6) is 0.686. The molecule has 5 aliphatic carbocycles. The van der Waals surface area contributed by atoms with Crippen LogP contribution in [0, 0.1) is 62.4 Å². The molecule has 8 rings (SSSR count). The predicted molar refractivity (Wildman–Crippen MR) is 181 cm³/mol. The van der Waals surface area contributed by atoms with Gasteiger partial charge in [-0.2, -0.15) is 0 Å². The van der Waals surface area contributed by atoms with Gasteiger partial charge in [0, 0.05) is 38.0 Å². The summed E-state index contributed by atoms with van der Waals surface area (Å²) in [6, 6.07) is 3.64. The van der Waals surface area contributed by atoms with Crippen LogP contribution in [0.3, 0.4) is 0 Å². The van der Waals surface area contributed by atoms with Crippen LogP contribution >= 0.6 is 0 Å². The first-order valence-corrected chi connectivity index (χ1v) is 19.2. The van der Waals surface area contributed by atoms with Crippen molar-refractivity contribution in [3.05, 3.63) is 35.4 Å². The molecule has 2 saturated heterocycles. The third-order valence-electron chi connectivity index (χ3n) is 16.2. The minimum Gasteiger partial charge on any atom is -0.390 e. The van der Waals surface area contributed by atoms with Crippen molar-refractivity contribution in [2.24, 2.45) is 50.7 Å². The Labute approximate surface area is 291 Å². The molecule has 7 aliphatic rings. The minimum absolute atomic E-state index is 0.00272. The molecule has 0 aromatic heterocycles. The van der Waals surface area contributed by atoms with Gasteiger partial charge in [-0.3, -0.25) is 4.79 Å². The number of carbonyl (C=O) groups excluding carboxylic acids is 1. The lowest BCUT2D eigenvalue weighted by molar-refractivity contribution is -0.247. The normalized spacial score (nSPS) is 48.1. The first kappa shape index (κ1) is 34.4. The molecule has 49 heavy (non-hydrogen) atoms. The molecule has 0 bridgehead atoms. The second-order valence-corrected chi connectivity index (χ2v) is 18.4. The van der Waals surface area contributed by atoms with Crippen molar-refractivity contribution in [2.75, 3.05) is 26.2 Å². The van der Waals surface area contributed by atoms with Crippen LogP contribution in [0.1, 0.15) is 98.5 Å². The fourth-order valence-electron chi connectivity index (χ4n) is 14.0. The van der Waals surface area contributed by atoms with Crippen LogP contribution in [0.25, 0.3) is 0 Å². The topological polar surface area (TPSA) is 80.3 Å². The number of hydrogen-bond acceptors (Lipinski definition) is 6. The number of benzene rings is 1. The number of morpholine rings is 1. The summed E-state index contributed by atoms with van der Waals surface area (Å²) in [5.41, 5.74) is 0.902. The third-order valence-corrected chi connectivity index (χ3v) is 16.2. The van der Waals surface area contributed by atoms with E-state index in [2.05, 4.69) is 39.9 Å². The Hall–Kier alpha value is -1.65. The molecule has 7 nitrogen and oxygen atoms in total. The third kappa shape index (κ3) is 4.90. The van der Waals surface area contributed by atoms with Crippen LogP contribution in [0.15, 0.2) is 18.2 Å². The molecule has 1 amide bonds. The fraction of sp³-hybridized carbons (Fsp3) is 0.825. The quantitative estimate of drug-likeness (QED) is 0.359. The van der Waals surface area contributed by atoms with Crippen molar-refractivity contribution in [2.45, 2.75) is 130 Å². The molecule has 2 heterocycles. The van der Waals surface area contributed by atoms with Crippen LogP contribution in [0.4, 0.5) is 8.78 Å². The van der Waals surface area contributed by atoms with E-state index in [0.717, 1.165) is 44.6 Å². The van der Waals surface area contributed by atoms with E-state index in [1.165, 1.54) is 25.0 Å². The Morgan fingerprint density at radius 1 is 1.04 bits per heavy atom. The lowest BCUT2D eigenvalue weighted by Gasteiger charge is -2.64. The number of aliphatic hydroxyl groups excluding tert-OH is 1. The predicted octanol–water partition coefficient (Wildman–Crippen LogP) is 6.46. The first-order valence-electron chi connectivity index (χ1n) is 19.2. The number of carbonyl (C=O) groups is 1. The number of ether oxygens (including phenoxy) is 3. The van der Waals surface area contributed by atoms with E-state index < -0.39 is 17.7 Å². The minimum atomic E-state index is -0.564. The highest BCUT2D eigenvalue weighted by atomic mass is 19.1. The molecule has 2 N–H and O–H groups in total. The Morgan fingerprint density at radius 2 is 1.76 bits per heavy atom. The maximum atomic E-state index is 13.7. The smallest absolute Gasteiger partial charge is 0.219 e. The molecule has 7 fully saturated rings. The molecule has 5 saturated carbocycles. The molecule has 13 atom stereocenters. The van der Waals surface area contributed by atoms with Gasteiger partial charge in [-0.15, -0.1) is 0 Å². The van der Waals surface area contributed by atoms with Gasteiger partial charge < -0.3 is 29.5 Å². The summed E-state index contributed by atoms with van der Waals surface area (Å²) < 4.78 is 47.1. The van der Waals surface area contributed by atoms with E-state index in [0.29, 0.717) is 67.4 Å². The molecule has 272 valence electrons. The van der Waals surface area contributed by atoms with Crippen molar-refractivity contribution >= 4 is 5.91 Å². The van der Waals surface area contributed by atoms with E-state index in [-0.39, 0.29) is 52.2 Å². The maximum absolute atomic E-state index is 13.7. The zero-order chi connectivity index (χ0) is 34.7. The van der Waals surface area contributed by atoms with Gasteiger partial charge >= 0.3 is 0 Å². The number of aliphatic hydroxyl groups is 1. The number of hydrogen-bond donors (Lipinski definition) is 2. The number of halogens is 2. The van der Waals surface area contributed by atoms with Gasteiger partial charge in [0.25, 0.3) is 0 Å². The second kappa shape index (κ2) is 11.7. The summed E-state index contributed by atoms with van der Waals surface area (Å²) in [4.78, 5) is 13.9. The molecular formula is C40H58F2N2O5. The Kier molecular flexibility index (Phi) is 8.21. The number of nitrogens with one attached hydrogen (secondary N) is 1. The van der Waals surface area contributed by atoms with Crippen molar-refractivity contribution in [1.29, 1.82) is 0 Å². The Morgan fingerprint density at radius 3 is 2.49 bits per heavy atom. The van der Waals surface area contributed by atoms with Gasteiger partial charge in [-0.25, -0.2) is 8.78 Å². The Bertz CT molecular complexity index is 1460. The average Bonchev–Trinajstić information content (AvgIpc) is 3.67. The molecule has 6 unspecified atom stereocenters. The molecule has 0 radical (unpaired) electrons. The van der Waals surface area contributed by atoms with Gasteiger partial charge in [0.15, 0.2) is 6.29 Å². The molecule has 2 aliphatic heterocycles. The van der Waals surface area contributed by atoms with Crippen LogP contribution in [0.2, 0.25) is 0 Å². The summed E-state index contributed by atoms with van der Waals surface area (Å²) in [7, 11) is 0. The zero-order valence-electron chi connectivity index (χ0n) is 30.4. The van der Waals surface area contributed by atoms with Gasteiger partial charge in [0.2, 0.25) is 5.91 Å². The summed E-state index contributed by atoms with van der Waals surface area (Å²) in [6.07, 6.45) is 7.95. The second-order valence-electron chi connectivity index (χ2n) is 18.4. The summed E-state index contributed by atoms with van der Waals surface area (Å²) in [6.45, 7) is 16.3. The zero-order valence-corrected chi connectivity index (χ0v) is 30.4. The lowest BCUT2D eigenvalue weighted by Crippen LogP contribution is -2.60. The number of nitrogens with zero attached hydrogens (tertiary/aromatic N) is 1. The van der Waals surface area contributed by atoms with E-state index >= 15 is 0 Å². The van der Waals surface area contributed by atoms with Crippen LogP contribution < -0.4 is 5.32 Å². The highest BCUT2D eigenvalue weighted by molar-refractivity contribution is 5.73. The first-order chi connectivity index (χ1) is 23.2. The van der Waals surface area contributed by atoms with Gasteiger partial charge in [-0.05, 0) is 114 Å². The summed E-state index contributed by atoms with van der Waals surface area (Å²) >= 11 is 0. The highest BCUT2D eigenvalue weighted by Gasteiger charge is 2.84. The van der Waals surface area contributed by atoms with Crippen molar-refractivity contribution in [3.8, 4) is 0 Å². The van der Waals surface area contributed by atoms with Crippen molar-refractivity contribution in [1.82, 2.24) is 10.2 Å². The molecule has 9 heteroatoms. The number of fused-ring (bicyclic) bond motifs is 4. The van der Waals surface area contributed by atoms with Crippen LogP contribution in [-0.4, -0.2) is 72.9 Å². The standard InChI is InChI=1S/C40H58F2N2O5/c1-23-15-28(20-43-19-25-16-26(41)18-27(42)17-25)48-34-33(23)37(5)11-12-40-22-39(40)10-9-31(49-32-21-44(24(2)45)13-14-47-32)36(3,4)29(39)7-8-30(40)38(37,6)35(34)46/h16-18,23,28-35,43,46H,7-15,19-22H2,1-6H3/t23-,28?,29+,30+,31?,32?,33?,34?,35+,37-,38-,39-,40?/m1/s1. The monoisotopic (exact) mass is 684 g/mol. The van der Waals surface area contributed by atoms with Gasteiger partial charge in [0.05, 0.1) is 37.6 Å². The maximum Gasteiger partial charge on any atom is 0.219 e. The fourth-order valence-corrected chi connectivity index (χ4v) is 14.0. The van der Waals surface area contributed by atoms with Gasteiger partial charge in [-0.1, -0.05) is 34.6 Å². The van der Waals surface area contributed by atoms with Crippen LogP contribution in [0.5, 0.6) is 0 Å². The van der Waals surface area contributed by atoms with Crippen molar-refractivity contribution < 1.29 is 32.9 Å². The summed E-state index contributed by atoms with van der Waals surface area (Å²) in [5, 5.41) is 15.9. The van der Waals surface area contributed by atoms with E-state index in [4.69, 9.17) is 14.2 Å². The van der Waals surface area contributed by atoms with Crippen molar-refractivity contribution in [3.63, 3.8) is 0 Å². The number of amides is 1. The molecule has 1 aromatic rings. The highest BCUT2D eigenvalue weighted by Crippen LogP contribution is 2.89. The van der Waals surface area contributed by atoms with E-state index in [9.17, 15) is 18.7 Å². The lowest BCUT2D eigenvalue weighted by atomic mass is 9.41. The van der Waals surface area contributed by atoms with E-state index in [1.54, 1.807) is 6.92 Å². The van der Waals surface area contributed by atoms with Gasteiger partial charge in [0.1, 0.15) is 11.6 Å². The SMILES string of the molecule is CC(=O)N1CCOC(OC2CC[C@]34CC35CC[C@]3(C)C6C(OC(CNCc7cc(F)cc(F)c7)C[C@H]6C)[C@H](O)[C@@]3(C)[C@@H]5CC[C@H]4C2(C)C)C1. The molecule has 2 spiro atoms.